The summed E-state index contributed by atoms with van der Waals surface area (Å²) < 4.78 is 0. The van der Waals surface area contributed by atoms with Crippen molar-refractivity contribution in [1.29, 1.82) is 0 Å². The van der Waals surface area contributed by atoms with E-state index < -0.39 is 0 Å². The largest absolute Gasteiger partial charge is 0.355 e. The van der Waals surface area contributed by atoms with Crippen LogP contribution in [0.3, 0.4) is 0 Å². The van der Waals surface area contributed by atoms with Gasteiger partial charge in [0.2, 0.25) is 0 Å². The van der Waals surface area contributed by atoms with Crippen LogP contribution < -0.4 is 5.32 Å². The van der Waals surface area contributed by atoms with E-state index in [1.807, 2.05) is 54.6 Å². The molecule has 0 fully saturated rings. The quantitative estimate of drug-likeness (QED) is 0.894. The summed E-state index contributed by atoms with van der Waals surface area (Å²) >= 11 is 0. The Bertz CT molecular complexity index is 535. The van der Waals surface area contributed by atoms with E-state index in [0.717, 1.165) is 11.4 Å². The molecule has 0 unspecified atom stereocenters. The van der Waals surface area contributed by atoms with E-state index in [9.17, 15) is 4.79 Å². The number of rotatable bonds is 3. The van der Waals surface area contributed by atoms with E-state index in [1.54, 1.807) is 19.0 Å². The van der Waals surface area contributed by atoms with Crippen LogP contribution in [0, 0.1) is 0 Å². The van der Waals surface area contributed by atoms with Gasteiger partial charge in [0.1, 0.15) is 0 Å². The van der Waals surface area contributed by atoms with Gasteiger partial charge in [0.25, 0.3) is 5.91 Å². The van der Waals surface area contributed by atoms with Crippen molar-refractivity contribution in [2.75, 3.05) is 19.4 Å². The zero-order chi connectivity index (χ0) is 13.0. The molecule has 0 bridgehead atoms. The first-order valence-corrected chi connectivity index (χ1v) is 5.81. The van der Waals surface area contributed by atoms with Crippen molar-refractivity contribution < 1.29 is 4.79 Å². The lowest BCUT2D eigenvalue weighted by molar-refractivity contribution is 0.0828. The fourth-order valence-electron chi connectivity index (χ4n) is 1.70. The smallest absolute Gasteiger partial charge is 0.255 e. The third-order valence-corrected chi connectivity index (χ3v) is 2.62. The van der Waals surface area contributed by atoms with E-state index in [4.69, 9.17) is 0 Å². The summed E-state index contributed by atoms with van der Waals surface area (Å²) in [6.07, 6.45) is 0. The maximum atomic E-state index is 12.0. The molecule has 1 N–H and O–H groups in total. The molecule has 0 atom stereocenters. The monoisotopic (exact) mass is 240 g/mol. The molecule has 0 aromatic heterocycles. The van der Waals surface area contributed by atoms with Gasteiger partial charge in [0.15, 0.2) is 0 Å². The number of para-hydroxylation sites is 2. The van der Waals surface area contributed by atoms with Crippen LogP contribution in [0.2, 0.25) is 0 Å². The number of anilines is 2. The molecule has 0 radical (unpaired) electrons. The average Bonchev–Trinajstić information content (AvgIpc) is 2.39. The number of nitrogens with one attached hydrogen (secondary N) is 1. The molecule has 92 valence electrons. The minimum Gasteiger partial charge on any atom is -0.355 e. The molecule has 0 spiro atoms. The first-order valence-electron chi connectivity index (χ1n) is 5.81. The number of nitrogens with zero attached hydrogens (tertiary/aromatic N) is 1. The molecule has 0 aliphatic carbocycles. The molecular weight excluding hydrogens is 224 g/mol. The highest BCUT2D eigenvalue weighted by Crippen LogP contribution is 2.21. The first kappa shape index (κ1) is 12.2. The summed E-state index contributed by atoms with van der Waals surface area (Å²) in [6.45, 7) is 0. The molecule has 0 heterocycles. The fraction of sp³-hybridized carbons (Fsp3) is 0.133. The number of carbonyl (C=O) groups excluding carboxylic acids is 1. The molecule has 18 heavy (non-hydrogen) atoms. The zero-order valence-corrected chi connectivity index (χ0v) is 10.6. The van der Waals surface area contributed by atoms with E-state index in [1.165, 1.54) is 0 Å². The predicted octanol–water partition coefficient (Wildman–Crippen LogP) is 3.13. The number of carbonyl (C=O) groups is 1. The van der Waals surface area contributed by atoms with Gasteiger partial charge in [-0.15, -0.1) is 0 Å². The van der Waals surface area contributed by atoms with E-state index >= 15 is 0 Å². The Morgan fingerprint density at radius 1 is 0.944 bits per heavy atom. The third kappa shape index (κ3) is 2.69. The summed E-state index contributed by atoms with van der Waals surface area (Å²) in [5, 5.41) is 3.26. The van der Waals surface area contributed by atoms with E-state index in [2.05, 4.69) is 5.32 Å². The molecule has 0 aliphatic heterocycles. The highest BCUT2D eigenvalue weighted by molar-refractivity contribution is 6.00. The molecule has 2 aromatic carbocycles. The molecular formula is C15H16N2O. The Balaban J connectivity index is 2.31. The molecule has 2 rings (SSSR count). The second kappa shape index (κ2) is 5.36. The standard InChI is InChI=1S/C15H16N2O/c1-17(2)15(18)13-10-6-7-11-14(13)16-12-8-4-3-5-9-12/h3-11,16H,1-2H3. The summed E-state index contributed by atoms with van der Waals surface area (Å²) in [5.74, 6) is -0.00553. The number of hydrogen-bond acceptors (Lipinski definition) is 2. The minimum atomic E-state index is -0.00553. The third-order valence-electron chi connectivity index (χ3n) is 2.62. The Labute approximate surface area is 107 Å². The SMILES string of the molecule is CN(C)C(=O)c1ccccc1Nc1ccccc1. The maximum Gasteiger partial charge on any atom is 0.255 e. The van der Waals surface area contributed by atoms with Crippen LogP contribution in [-0.4, -0.2) is 24.9 Å². The van der Waals surface area contributed by atoms with Crippen molar-refractivity contribution in [1.82, 2.24) is 4.90 Å². The second-order valence-electron chi connectivity index (χ2n) is 4.24. The van der Waals surface area contributed by atoms with E-state index in [0.29, 0.717) is 5.56 Å². The normalized spacial score (nSPS) is 9.89. The predicted molar refractivity (Wildman–Crippen MR) is 74.2 cm³/mol. The molecule has 2 aromatic rings. The van der Waals surface area contributed by atoms with Gasteiger partial charge >= 0.3 is 0 Å². The molecule has 3 nitrogen and oxygen atoms in total. The summed E-state index contributed by atoms with van der Waals surface area (Å²) in [4.78, 5) is 13.6. The van der Waals surface area contributed by atoms with Gasteiger partial charge in [0, 0.05) is 19.8 Å². The van der Waals surface area contributed by atoms with Crippen molar-refractivity contribution in [2.24, 2.45) is 0 Å². The van der Waals surface area contributed by atoms with Crippen LogP contribution in [0.4, 0.5) is 11.4 Å². The number of amides is 1. The first-order chi connectivity index (χ1) is 8.68. The molecule has 0 saturated heterocycles. The van der Waals surface area contributed by atoms with Gasteiger partial charge in [-0.05, 0) is 24.3 Å². The highest BCUT2D eigenvalue weighted by atomic mass is 16.2. The van der Waals surface area contributed by atoms with Crippen LogP contribution in [0.25, 0.3) is 0 Å². The summed E-state index contributed by atoms with van der Waals surface area (Å²) in [5.41, 5.74) is 2.46. The highest BCUT2D eigenvalue weighted by Gasteiger charge is 2.12. The fourth-order valence-corrected chi connectivity index (χ4v) is 1.70. The van der Waals surface area contributed by atoms with Crippen molar-refractivity contribution >= 4 is 17.3 Å². The van der Waals surface area contributed by atoms with Crippen LogP contribution in [0.15, 0.2) is 54.6 Å². The van der Waals surface area contributed by atoms with Crippen LogP contribution >= 0.6 is 0 Å². The maximum absolute atomic E-state index is 12.0. The lowest BCUT2D eigenvalue weighted by Gasteiger charge is -2.15. The van der Waals surface area contributed by atoms with Crippen LogP contribution in [-0.2, 0) is 0 Å². The van der Waals surface area contributed by atoms with Gasteiger partial charge in [-0.2, -0.15) is 0 Å². The average molecular weight is 240 g/mol. The van der Waals surface area contributed by atoms with Gasteiger partial charge < -0.3 is 10.2 Å². The van der Waals surface area contributed by atoms with E-state index in [-0.39, 0.29) is 5.91 Å². The minimum absolute atomic E-state index is 0.00553. The lowest BCUT2D eigenvalue weighted by atomic mass is 10.1. The van der Waals surface area contributed by atoms with Crippen molar-refractivity contribution in [3.63, 3.8) is 0 Å². The van der Waals surface area contributed by atoms with Crippen LogP contribution in [0.1, 0.15) is 10.4 Å². The molecule has 0 aliphatic rings. The number of hydrogen-bond donors (Lipinski definition) is 1. The topological polar surface area (TPSA) is 32.3 Å². The van der Waals surface area contributed by atoms with Crippen molar-refractivity contribution in [3.8, 4) is 0 Å². The molecule has 3 heteroatoms. The molecule has 1 amide bonds. The van der Waals surface area contributed by atoms with Gasteiger partial charge in [0.05, 0.1) is 11.3 Å². The van der Waals surface area contributed by atoms with Gasteiger partial charge in [-0.25, -0.2) is 0 Å². The number of benzene rings is 2. The Morgan fingerprint density at radius 3 is 2.22 bits per heavy atom. The summed E-state index contributed by atoms with van der Waals surface area (Å²) in [7, 11) is 3.50. The summed E-state index contributed by atoms with van der Waals surface area (Å²) in [6, 6.07) is 17.3. The Hall–Kier alpha value is -2.29. The second-order valence-corrected chi connectivity index (χ2v) is 4.24. The van der Waals surface area contributed by atoms with Crippen LogP contribution in [0.5, 0.6) is 0 Å². The zero-order valence-electron chi connectivity index (χ0n) is 10.6. The molecule has 0 saturated carbocycles. The van der Waals surface area contributed by atoms with Gasteiger partial charge in [-0.1, -0.05) is 30.3 Å². The Morgan fingerprint density at radius 2 is 1.56 bits per heavy atom. The lowest BCUT2D eigenvalue weighted by Crippen LogP contribution is -2.22. The Kier molecular flexibility index (Phi) is 3.63. The van der Waals surface area contributed by atoms with Crippen molar-refractivity contribution in [2.45, 2.75) is 0 Å². The van der Waals surface area contributed by atoms with Gasteiger partial charge in [-0.3, -0.25) is 4.79 Å². The van der Waals surface area contributed by atoms with Crippen molar-refractivity contribution in [3.05, 3.63) is 60.2 Å².